The lowest BCUT2D eigenvalue weighted by Gasteiger charge is -2.33. The number of hydrogen-bond donors (Lipinski definition) is 1. The van der Waals surface area contributed by atoms with Gasteiger partial charge in [-0.1, -0.05) is 18.2 Å². The van der Waals surface area contributed by atoms with Crippen LogP contribution in [0.5, 0.6) is 5.75 Å². The number of hydrogen-bond acceptors (Lipinski definition) is 4. The van der Waals surface area contributed by atoms with Gasteiger partial charge in [-0.15, -0.1) is 0 Å². The summed E-state index contributed by atoms with van der Waals surface area (Å²) in [5.41, 5.74) is 1.66. The highest BCUT2D eigenvalue weighted by atomic mass is 16.5. The Morgan fingerprint density at radius 1 is 1.29 bits per heavy atom. The van der Waals surface area contributed by atoms with Crippen molar-refractivity contribution in [3.05, 3.63) is 41.1 Å². The third-order valence-electron chi connectivity index (χ3n) is 3.61. The molecule has 0 saturated heterocycles. The fourth-order valence-corrected chi connectivity index (χ4v) is 2.35. The van der Waals surface area contributed by atoms with E-state index in [0.717, 1.165) is 0 Å². The lowest BCUT2D eigenvalue weighted by atomic mass is 9.94. The Balaban J connectivity index is 2.59. The molecule has 1 heterocycles. The van der Waals surface area contributed by atoms with Gasteiger partial charge < -0.3 is 19.7 Å². The van der Waals surface area contributed by atoms with Crippen molar-refractivity contribution < 1.29 is 19.1 Å². The predicted octanol–water partition coefficient (Wildman–Crippen LogP) is 1.84. The average molecular weight is 290 g/mol. The lowest BCUT2D eigenvalue weighted by Crippen LogP contribution is -2.46. The van der Waals surface area contributed by atoms with E-state index in [0.29, 0.717) is 22.6 Å². The standard InChI is InChI=1S/C15H18N2O4/c1-9-12(14(18)21-4)13(16-15(19)17(9)2)10-7-5-6-8-11(10)20-3/h5-8,13H,1-4H3,(H,16,19). The number of carbonyl (C=O) groups is 2. The van der Waals surface area contributed by atoms with E-state index in [2.05, 4.69) is 5.32 Å². The van der Waals surface area contributed by atoms with Gasteiger partial charge in [0.1, 0.15) is 5.75 Å². The van der Waals surface area contributed by atoms with Crippen molar-refractivity contribution in [1.82, 2.24) is 10.2 Å². The summed E-state index contributed by atoms with van der Waals surface area (Å²) in [6.45, 7) is 1.72. The summed E-state index contributed by atoms with van der Waals surface area (Å²) in [5.74, 6) is 0.122. The number of carbonyl (C=O) groups excluding carboxylic acids is 2. The number of esters is 1. The van der Waals surface area contributed by atoms with E-state index in [1.54, 1.807) is 27.1 Å². The molecular weight excluding hydrogens is 272 g/mol. The van der Waals surface area contributed by atoms with Gasteiger partial charge in [-0.2, -0.15) is 0 Å². The van der Waals surface area contributed by atoms with E-state index in [1.807, 2.05) is 18.2 Å². The Hall–Kier alpha value is -2.50. The molecular formula is C15H18N2O4. The Morgan fingerprint density at radius 3 is 2.57 bits per heavy atom. The van der Waals surface area contributed by atoms with Crippen molar-refractivity contribution in [1.29, 1.82) is 0 Å². The predicted molar refractivity (Wildman–Crippen MR) is 76.7 cm³/mol. The van der Waals surface area contributed by atoms with Gasteiger partial charge in [-0.3, -0.25) is 0 Å². The number of nitrogens with zero attached hydrogens (tertiary/aromatic N) is 1. The minimum atomic E-state index is -0.600. The first kappa shape index (κ1) is 14.9. The van der Waals surface area contributed by atoms with Gasteiger partial charge in [0.2, 0.25) is 0 Å². The van der Waals surface area contributed by atoms with Crippen LogP contribution in [0.2, 0.25) is 0 Å². The number of para-hydroxylation sites is 1. The van der Waals surface area contributed by atoms with Gasteiger partial charge in [0.15, 0.2) is 0 Å². The van der Waals surface area contributed by atoms with Gasteiger partial charge in [-0.05, 0) is 13.0 Å². The number of nitrogens with one attached hydrogen (secondary N) is 1. The van der Waals surface area contributed by atoms with Crippen LogP contribution >= 0.6 is 0 Å². The molecule has 0 aromatic heterocycles. The molecule has 0 aliphatic carbocycles. The summed E-state index contributed by atoms with van der Waals surface area (Å²) in [4.78, 5) is 25.5. The number of rotatable bonds is 3. The fraction of sp³-hybridized carbons (Fsp3) is 0.333. The number of amides is 2. The van der Waals surface area contributed by atoms with E-state index in [-0.39, 0.29) is 6.03 Å². The minimum absolute atomic E-state index is 0.281. The normalized spacial score (nSPS) is 18.4. The van der Waals surface area contributed by atoms with Crippen LogP contribution in [0.25, 0.3) is 0 Å². The topological polar surface area (TPSA) is 67.9 Å². The molecule has 112 valence electrons. The van der Waals surface area contributed by atoms with Crippen LogP contribution in [0.3, 0.4) is 0 Å². The third-order valence-corrected chi connectivity index (χ3v) is 3.61. The zero-order chi connectivity index (χ0) is 15.6. The summed E-state index contributed by atoms with van der Waals surface area (Å²) in [5, 5.41) is 2.80. The second-order valence-electron chi connectivity index (χ2n) is 4.67. The SMILES string of the molecule is COC(=O)C1=C(C)N(C)C(=O)NC1c1ccccc1OC. The molecule has 1 N–H and O–H groups in total. The molecule has 0 radical (unpaired) electrons. The first-order valence-corrected chi connectivity index (χ1v) is 6.47. The highest BCUT2D eigenvalue weighted by Gasteiger charge is 2.35. The van der Waals surface area contributed by atoms with Gasteiger partial charge in [0, 0.05) is 18.3 Å². The Morgan fingerprint density at radius 2 is 1.95 bits per heavy atom. The molecule has 0 spiro atoms. The van der Waals surface area contributed by atoms with E-state index in [4.69, 9.17) is 9.47 Å². The molecule has 1 aliphatic rings. The van der Waals surface area contributed by atoms with Crippen LogP contribution in [0.1, 0.15) is 18.5 Å². The molecule has 2 rings (SSSR count). The zero-order valence-electron chi connectivity index (χ0n) is 12.5. The Labute approximate surface area is 123 Å². The molecule has 1 aromatic carbocycles. The van der Waals surface area contributed by atoms with Crippen LogP contribution in [0.4, 0.5) is 4.79 Å². The van der Waals surface area contributed by atoms with Crippen molar-refractivity contribution in [2.45, 2.75) is 13.0 Å². The molecule has 0 fully saturated rings. The summed E-state index contributed by atoms with van der Waals surface area (Å²) >= 11 is 0. The van der Waals surface area contributed by atoms with E-state index in [1.165, 1.54) is 12.0 Å². The highest BCUT2D eigenvalue weighted by Crippen LogP contribution is 2.35. The maximum absolute atomic E-state index is 12.1. The van der Waals surface area contributed by atoms with Crippen LogP contribution in [-0.2, 0) is 9.53 Å². The van der Waals surface area contributed by atoms with Crippen molar-refractivity contribution in [3.8, 4) is 5.75 Å². The van der Waals surface area contributed by atoms with Crippen LogP contribution in [0, 0.1) is 0 Å². The van der Waals surface area contributed by atoms with Crippen molar-refractivity contribution >= 4 is 12.0 Å². The van der Waals surface area contributed by atoms with Crippen LogP contribution < -0.4 is 10.1 Å². The molecule has 1 aliphatic heterocycles. The Bertz CT molecular complexity index is 609. The molecule has 6 nitrogen and oxygen atoms in total. The number of urea groups is 1. The third kappa shape index (κ3) is 2.56. The Kier molecular flexibility index (Phi) is 4.16. The minimum Gasteiger partial charge on any atom is -0.496 e. The zero-order valence-corrected chi connectivity index (χ0v) is 12.5. The fourth-order valence-electron chi connectivity index (χ4n) is 2.35. The summed E-state index contributed by atoms with van der Waals surface area (Å²) < 4.78 is 10.2. The summed E-state index contributed by atoms with van der Waals surface area (Å²) in [7, 11) is 4.47. The maximum Gasteiger partial charge on any atom is 0.337 e. The van der Waals surface area contributed by atoms with Gasteiger partial charge in [0.05, 0.1) is 25.8 Å². The molecule has 0 bridgehead atoms. The van der Waals surface area contributed by atoms with Crippen molar-refractivity contribution in [3.63, 3.8) is 0 Å². The molecule has 21 heavy (non-hydrogen) atoms. The molecule has 1 unspecified atom stereocenters. The van der Waals surface area contributed by atoms with E-state index in [9.17, 15) is 9.59 Å². The van der Waals surface area contributed by atoms with Gasteiger partial charge in [-0.25, -0.2) is 9.59 Å². The molecule has 1 atom stereocenters. The van der Waals surface area contributed by atoms with Crippen LogP contribution in [-0.4, -0.2) is 38.2 Å². The van der Waals surface area contributed by atoms with Gasteiger partial charge in [0.25, 0.3) is 0 Å². The largest absolute Gasteiger partial charge is 0.496 e. The maximum atomic E-state index is 12.1. The first-order valence-electron chi connectivity index (χ1n) is 6.47. The van der Waals surface area contributed by atoms with Crippen molar-refractivity contribution in [2.24, 2.45) is 0 Å². The van der Waals surface area contributed by atoms with Gasteiger partial charge >= 0.3 is 12.0 Å². The molecule has 2 amide bonds. The average Bonchev–Trinajstić information content (AvgIpc) is 2.51. The summed E-state index contributed by atoms with van der Waals surface area (Å²) in [6, 6.07) is 6.36. The van der Waals surface area contributed by atoms with Crippen molar-refractivity contribution in [2.75, 3.05) is 21.3 Å². The molecule has 0 saturated carbocycles. The second kappa shape index (κ2) is 5.87. The monoisotopic (exact) mass is 290 g/mol. The highest BCUT2D eigenvalue weighted by molar-refractivity contribution is 5.95. The molecule has 1 aromatic rings. The molecule has 6 heteroatoms. The van der Waals surface area contributed by atoms with Crippen LogP contribution in [0.15, 0.2) is 35.5 Å². The quantitative estimate of drug-likeness (QED) is 0.862. The number of methoxy groups -OCH3 is 2. The summed E-state index contributed by atoms with van der Waals surface area (Å²) in [6.07, 6.45) is 0. The number of benzene rings is 1. The smallest absolute Gasteiger partial charge is 0.337 e. The van der Waals surface area contributed by atoms with E-state index < -0.39 is 12.0 Å². The number of allylic oxidation sites excluding steroid dienone is 1. The first-order chi connectivity index (χ1) is 10.0. The lowest BCUT2D eigenvalue weighted by molar-refractivity contribution is -0.136. The number of ether oxygens (including phenoxy) is 2. The second-order valence-corrected chi connectivity index (χ2v) is 4.67. The van der Waals surface area contributed by atoms with E-state index >= 15 is 0 Å².